The molecular weight excluding hydrogens is 162 g/mol. The van der Waals surface area contributed by atoms with Crippen LogP contribution in [0.1, 0.15) is 38.5 Å². The van der Waals surface area contributed by atoms with E-state index in [4.69, 9.17) is 0 Å². The minimum Gasteiger partial charge on any atom is -0.326 e. The summed E-state index contributed by atoms with van der Waals surface area (Å²) in [6, 6.07) is 4.21. The Morgan fingerprint density at radius 2 is 1.58 bits per heavy atom. The largest absolute Gasteiger partial charge is 0.326 e. The lowest BCUT2D eigenvalue weighted by Gasteiger charge is -2.29. The van der Waals surface area contributed by atoms with Crippen molar-refractivity contribution in [3.8, 4) is 0 Å². The molecule has 0 amide bonds. The normalized spacial score (nSPS) is 27.5. The predicted molar refractivity (Wildman–Crippen MR) is 56.0 cm³/mol. The van der Waals surface area contributed by atoms with Gasteiger partial charge in [-0.05, 0) is 32.0 Å². The van der Waals surface area contributed by atoms with Gasteiger partial charge >= 0.3 is 0 Å². The van der Waals surface area contributed by atoms with Crippen LogP contribution in [0.15, 0.2) is 0 Å². The van der Waals surface area contributed by atoms with Crippen molar-refractivity contribution in [2.24, 2.45) is 0 Å². The predicted octanol–water partition coefficient (Wildman–Crippen LogP) is 2.38. The van der Waals surface area contributed by atoms with Crippen LogP contribution in [0.4, 0.5) is 0 Å². The maximum Gasteiger partial charge on any atom is 0.111 e. The molecule has 0 radical (unpaired) electrons. The molecule has 0 N–H and O–H groups in total. The molecule has 12 heavy (non-hydrogen) atoms. The van der Waals surface area contributed by atoms with Gasteiger partial charge in [0.1, 0.15) is 8.96 Å². The summed E-state index contributed by atoms with van der Waals surface area (Å²) in [4.78, 5) is 0. The molecule has 1 saturated heterocycles. The van der Waals surface area contributed by atoms with Gasteiger partial charge < -0.3 is 4.57 Å². The maximum absolute atomic E-state index is 2.82. The fourth-order valence-corrected chi connectivity index (χ4v) is 6.44. The monoisotopic (exact) mass is 183 g/mol. The molecule has 1 nitrogen and oxygen atoms in total. The van der Waals surface area contributed by atoms with Crippen molar-refractivity contribution in [2.45, 2.75) is 56.7 Å². The molecule has 1 aliphatic heterocycles. The van der Waals surface area contributed by atoms with Crippen LogP contribution in [0.5, 0.6) is 0 Å². The summed E-state index contributed by atoms with van der Waals surface area (Å²) in [7, 11) is 2.02. The Labute approximate surface area is 77.8 Å². The molecule has 0 bridgehead atoms. The Morgan fingerprint density at radius 3 is 2.17 bits per heavy atom. The Bertz CT molecular complexity index is 121. The van der Waals surface area contributed by atoms with E-state index in [0.29, 0.717) is 0 Å². The van der Waals surface area contributed by atoms with Crippen molar-refractivity contribution in [1.29, 1.82) is 0 Å². The molecule has 0 spiro atoms. The van der Waals surface area contributed by atoms with Gasteiger partial charge in [0.25, 0.3) is 0 Å². The standard InChI is InChI=1S/C10H21NSi/c1-11(10-6-2-3-7-10)12-8-4-5-9-12/h10,12H,2-9H2,1H3. The summed E-state index contributed by atoms with van der Waals surface area (Å²) in [5.41, 5.74) is 0. The van der Waals surface area contributed by atoms with Gasteiger partial charge in [-0.25, -0.2) is 0 Å². The Morgan fingerprint density at radius 1 is 1.00 bits per heavy atom. The first-order chi connectivity index (χ1) is 5.88. The summed E-state index contributed by atoms with van der Waals surface area (Å²) in [6.07, 6.45) is 9.06. The molecule has 0 unspecified atom stereocenters. The second-order valence-corrected chi connectivity index (χ2v) is 7.82. The summed E-state index contributed by atoms with van der Waals surface area (Å²) in [6.45, 7) is 0. The summed E-state index contributed by atoms with van der Waals surface area (Å²) < 4.78 is 2.82. The number of rotatable bonds is 2. The highest BCUT2D eigenvalue weighted by Crippen LogP contribution is 2.28. The second-order valence-electron chi connectivity index (χ2n) is 4.54. The van der Waals surface area contributed by atoms with Gasteiger partial charge in [0, 0.05) is 6.04 Å². The Hall–Kier alpha value is 0.177. The first kappa shape index (κ1) is 8.76. The number of nitrogens with zero attached hydrogens (tertiary/aromatic N) is 1. The van der Waals surface area contributed by atoms with Gasteiger partial charge in [-0.2, -0.15) is 0 Å². The highest BCUT2D eigenvalue weighted by Gasteiger charge is 2.28. The van der Waals surface area contributed by atoms with E-state index in [-0.39, 0.29) is 0 Å². The third kappa shape index (κ3) is 1.74. The lowest BCUT2D eigenvalue weighted by molar-refractivity contribution is 0.382. The van der Waals surface area contributed by atoms with Crippen LogP contribution in [0.25, 0.3) is 0 Å². The SMILES string of the molecule is CN(C1CCCC1)[SiH]1CCCC1. The topological polar surface area (TPSA) is 3.24 Å². The zero-order valence-corrected chi connectivity index (χ0v) is 9.41. The van der Waals surface area contributed by atoms with Crippen LogP contribution in [0.2, 0.25) is 12.1 Å². The van der Waals surface area contributed by atoms with Crippen molar-refractivity contribution in [3.63, 3.8) is 0 Å². The minimum atomic E-state index is -0.395. The summed E-state index contributed by atoms with van der Waals surface area (Å²) in [5.74, 6) is 0. The molecule has 0 aromatic rings. The molecule has 0 atom stereocenters. The van der Waals surface area contributed by atoms with E-state index in [1.54, 1.807) is 12.1 Å². The van der Waals surface area contributed by atoms with Gasteiger partial charge in [-0.15, -0.1) is 0 Å². The molecule has 70 valence electrons. The van der Waals surface area contributed by atoms with Crippen LogP contribution >= 0.6 is 0 Å². The van der Waals surface area contributed by atoms with Gasteiger partial charge in [-0.1, -0.05) is 25.7 Å². The average molecular weight is 183 g/mol. The Kier molecular flexibility index (Phi) is 2.86. The fourth-order valence-electron chi connectivity index (χ4n) is 2.92. The van der Waals surface area contributed by atoms with E-state index < -0.39 is 8.96 Å². The highest BCUT2D eigenvalue weighted by atomic mass is 28.3. The molecule has 0 aromatic carbocycles. The molecule has 0 aromatic heterocycles. The molecule has 2 rings (SSSR count). The lowest BCUT2D eigenvalue weighted by atomic mass is 10.3. The van der Waals surface area contributed by atoms with Crippen molar-refractivity contribution in [2.75, 3.05) is 7.05 Å². The quantitative estimate of drug-likeness (QED) is 0.594. The van der Waals surface area contributed by atoms with E-state index >= 15 is 0 Å². The maximum atomic E-state index is 2.82. The first-order valence-electron chi connectivity index (χ1n) is 5.60. The highest BCUT2D eigenvalue weighted by molar-refractivity contribution is 6.56. The van der Waals surface area contributed by atoms with Crippen LogP contribution in [-0.4, -0.2) is 26.6 Å². The first-order valence-corrected chi connectivity index (χ1v) is 7.75. The molecule has 2 heteroatoms. The molecule has 2 aliphatic rings. The van der Waals surface area contributed by atoms with Crippen molar-refractivity contribution in [3.05, 3.63) is 0 Å². The lowest BCUT2D eigenvalue weighted by Crippen LogP contribution is -2.40. The van der Waals surface area contributed by atoms with Gasteiger partial charge in [0.15, 0.2) is 0 Å². The molecule has 1 aliphatic carbocycles. The van der Waals surface area contributed by atoms with Crippen LogP contribution < -0.4 is 0 Å². The van der Waals surface area contributed by atoms with E-state index in [1.807, 2.05) is 0 Å². The minimum absolute atomic E-state index is 0.395. The molecule has 1 heterocycles. The molecule has 1 saturated carbocycles. The smallest absolute Gasteiger partial charge is 0.111 e. The van der Waals surface area contributed by atoms with E-state index in [9.17, 15) is 0 Å². The molecular formula is C10H21NSi. The zero-order valence-electron chi connectivity index (χ0n) is 8.26. The van der Waals surface area contributed by atoms with Gasteiger partial charge in [0.2, 0.25) is 0 Å². The second kappa shape index (κ2) is 3.92. The van der Waals surface area contributed by atoms with Crippen LogP contribution in [0.3, 0.4) is 0 Å². The number of hydrogen-bond donors (Lipinski definition) is 0. The van der Waals surface area contributed by atoms with E-state index in [0.717, 1.165) is 6.04 Å². The van der Waals surface area contributed by atoms with Gasteiger partial charge in [0.05, 0.1) is 0 Å². The van der Waals surface area contributed by atoms with Crippen LogP contribution in [0, 0.1) is 0 Å². The third-order valence-electron chi connectivity index (χ3n) is 3.80. The zero-order chi connectivity index (χ0) is 8.39. The Balaban J connectivity index is 1.84. The molecule has 2 fully saturated rings. The van der Waals surface area contributed by atoms with Gasteiger partial charge in [-0.3, -0.25) is 0 Å². The summed E-state index contributed by atoms with van der Waals surface area (Å²) >= 11 is 0. The van der Waals surface area contributed by atoms with Crippen molar-refractivity contribution in [1.82, 2.24) is 4.57 Å². The number of hydrogen-bond acceptors (Lipinski definition) is 1. The van der Waals surface area contributed by atoms with E-state index in [1.165, 1.54) is 38.5 Å². The van der Waals surface area contributed by atoms with Crippen LogP contribution in [-0.2, 0) is 0 Å². The van der Waals surface area contributed by atoms with Crippen molar-refractivity contribution >= 4 is 8.96 Å². The average Bonchev–Trinajstić information content (AvgIpc) is 2.77. The summed E-state index contributed by atoms with van der Waals surface area (Å²) in [5, 5.41) is 0. The fraction of sp³-hybridized carbons (Fsp3) is 1.00. The third-order valence-corrected chi connectivity index (χ3v) is 7.52. The van der Waals surface area contributed by atoms with Crippen molar-refractivity contribution < 1.29 is 0 Å². The van der Waals surface area contributed by atoms with E-state index in [2.05, 4.69) is 11.6 Å².